The number of aliphatic hydroxyl groups is 2. The molecule has 1 unspecified atom stereocenters. The lowest BCUT2D eigenvalue weighted by molar-refractivity contribution is -0.183. The molecule has 0 radical (unpaired) electrons. The van der Waals surface area contributed by atoms with E-state index in [0.717, 1.165) is 12.0 Å². The first kappa shape index (κ1) is 40.9. The predicted molar refractivity (Wildman–Crippen MR) is 215 cm³/mol. The summed E-state index contributed by atoms with van der Waals surface area (Å²) < 4.78 is 6.01. The number of amides is 2. The molecule has 9 atom stereocenters. The maximum Gasteiger partial charge on any atom is 0.335 e. The summed E-state index contributed by atoms with van der Waals surface area (Å²) in [6, 6.07) is 18.7. The topological polar surface area (TPSA) is 161 Å². The van der Waals surface area contributed by atoms with Gasteiger partial charge in [-0.1, -0.05) is 69.3 Å². The van der Waals surface area contributed by atoms with Crippen LogP contribution in [0.4, 0.5) is 0 Å². The summed E-state index contributed by atoms with van der Waals surface area (Å²) in [4.78, 5) is 49.2. The van der Waals surface area contributed by atoms with E-state index >= 15 is 0 Å². The third kappa shape index (κ3) is 7.47. The first-order chi connectivity index (χ1) is 27.0. The Kier molecular flexibility index (Phi) is 11.1. The minimum absolute atomic E-state index is 0.00711. The monoisotopic (exact) mass is 782 g/mol. The zero-order valence-corrected chi connectivity index (χ0v) is 34.1. The van der Waals surface area contributed by atoms with Gasteiger partial charge in [-0.2, -0.15) is 5.06 Å². The molecule has 3 aromatic carbocycles. The van der Waals surface area contributed by atoms with Crippen LogP contribution in [0.5, 0.6) is 5.75 Å². The number of carboxylic acids is 1. The molecule has 2 bridgehead atoms. The predicted octanol–water partition coefficient (Wildman–Crippen LogP) is 4.77. The third-order valence-corrected chi connectivity index (χ3v) is 13.8. The van der Waals surface area contributed by atoms with Crippen LogP contribution in [0, 0.1) is 28.6 Å². The van der Waals surface area contributed by atoms with Gasteiger partial charge in [-0.05, 0) is 99.2 Å². The van der Waals surface area contributed by atoms with Crippen molar-refractivity contribution < 1.29 is 39.3 Å². The molecule has 5 aliphatic rings. The van der Waals surface area contributed by atoms with Gasteiger partial charge in [0.15, 0.2) is 0 Å². The Morgan fingerprint density at radius 3 is 2.32 bits per heavy atom. The number of likely N-dealkylation sites (N-methyl/N-ethyl adjacent to an activating group) is 1. The second-order valence-corrected chi connectivity index (χ2v) is 18.0. The summed E-state index contributed by atoms with van der Waals surface area (Å²) in [5, 5.41) is 40.2. The van der Waals surface area contributed by atoms with Crippen molar-refractivity contribution in [3.05, 3.63) is 89.0 Å². The van der Waals surface area contributed by atoms with Crippen LogP contribution < -0.4 is 15.4 Å². The molecule has 4 aliphatic carbocycles. The van der Waals surface area contributed by atoms with Crippen molar-refractivity contribution in [2.45, 2.75) is 89.8 Å². The Balaban J connectivity index is 1.18. The van der Waals surface area contributed by atoms with E-state index in [9.17, 15) is 29.7 Å². The van der Waals surface area contributed by atoms with E-state index < -0.39 is 35.0 Å². The molecule has 1 aliphatic heterocycles. The fourth-order valence-corrected chi connectivity index (χ4v) is 10.6. The Labute approximate surface area is 335 Å². The molecule has 12 heteroatoms. The number of hydrogen-bond acceptors (Lipinski definition) is 9. The number of carboxylic acid groups (broad SMARTS) is 1. The second-order valence-electron chi connectivity index (χ2n) is 18.0. The van der Waals surface area contributed by atoms with Crippen molar-refractivity contribution in [3.63, 3.8) is 0 Å². The minimum Gasteiger partial charge on any atom is -0.496 e. The van der Waals surface area contributed by atoms with Gasteiger partial charge in [-0.25, -0.2) is 4.79 Å². The van der Waals surface area contributed by atoms with Crippen LogP contribution in [0.15, 0.2) is 66.7 Å². The smallest absolute Gasteiger partial charge is 0.335 e. The highest BCUT2D eigenvalue weighted by Gasteiger charge is 2.78. The highest BCUT2D eigenvalue weighted by atomic mass is 16.7. The maximum atomic E-state index is 14.5. The minimum atomic E-state index is -1.23. The third-order valence-electron chi connectivity index (χ3n) is 13.8. The van der Waals surface area contributed by atoms with Crippen molar-refractivity contribution >= 4 is 17.8 Å². The van der Waals surface area contributed by atoms with Gasteiger partial charge in [0.2, 0.25) is 5.91 Å². The van der Waals surface area contributed by atoms with Crippen LogP contribution in [-0.4, -0.2) is 107 Å². The Hall–Kier alpha value is -4.33. The van der Waals surface area contributed by atoms with Gasteiger partial charge in [0, 0.05) is 35.3 Å². The van der Waals surface area contributed by atoms with Crippen molar-refractivity contribution in [1.82, 2.24) is 20.6 Å². The molecule has 306 valence electrons. The fourth-order valence-electron chi connectivity index (χ4n) is 10.6. The quantitative estimate of drug-likeness (QED) is 0.154. The van der Waals surface area contributed by atoms with Gasteiger partial charge in [0.25, 0.3) is 5.91 Å². The highest BCUT2D eigenvalue weighted by molar-refractivity contribution is 6.00. The number of aromatic carboxylic acids is 1. The van der Waals surface area contributed by atoms with Gasteiger partial charge in [0.05, 0.1) is 36.8 Å². The summed E-state index contributed by atoms with van der Waals surface area (Å²) in [5.74, 6) is -0.0544. The van der Waals surface area contributed by atoms with Crippen molar-refractivity contribution in [2.75, 3.05) is 34.4 Å². The normalized spacial score (nSPS) is 30.4. The standard InChI is InChI=1S/C45H58N4O8/c1-26-35-20-32(43(35,2)3)21-36(26)47-41(52)39-45(25-44(45,4)55)37(24-50)57-49(39)22-28-14-11-15-34(38(28)56-7)29-17-30(19-31(18-29)42(53)54)40(51)46-33(23-48(5)6)16-27-12-9-8-10-13-27/h8-15,17-19,26,32-33,35-37,39,50,55H,16,20-25H2,1-7H3,(H,46,51)(H,47,52)(H,53,54)/t26-,32+,33-,35-,36-,37-,39+,44?,45+/m0/s1. The van der Waals surface area contributed by atoms with Crippen LogP contribution in [0.1, 0.15) is 78.8 Å². The second kappa shape index (κ2) is 15.4. The molecule has 5 N–H and O–H groups in total. The number of para-hydroxylation sites is 1. The SMILES string of the molecule is COc1c(CN2O[C@@H](CO)[C@]3(CC3(C)O)[C@H]2C(=O)N[C@H]2C[C@H]3C[C@@H]([C@@H]2C)C3(C)C)cccc1-c1cc(C(=O)O)cc(C(=O)N[C@@H](Cc2ccccc2)CN(C)C)c1. The van der Waals surface area contributed by atoms with Gasteiger partial charge in [-0.3, -0.25) is 14.4 Å². The van der Waals surface area contributed by atoms with Crippen LogP contribution >= 0.6 is 0 Å². The average Bonchev–Trinajstić information content (AvgIpc) is 3.59. The van der Waals surface area contributed by atoms with Gasteiger partial charge in [0.1, 0.15) is 17.9 Å². The lowest BCUT2D eigenvalue weighted by Crippen LogP contribution is -2.62. The molecule has 1 heterocycles. The molecule has 4 saturated carbocycles. The van der Waals surface area contributed by atoms with Crippen molar-refractivity contribution in [1.29, 1.82) is 0 Å². The number of benzene rings is 3. The Bertz CT molecular complexity index is 2000. The van der Waals surface area contributed by atoms with Gasteiger partial charge < -0.3 is 35.6 Å². The van der Waals surface area contributed by atoms with E-state index in [1.54, 1.807) is 24.1 Å². The van der Waals surface area contributed by atoms with E-state index in [2.05, 4.69) is 31.4 Å². The summed E-state index contributed by atoms with van der Waals surface area (Å²) in [6.45, 7) is 8.81. The Morgan fingerprint density at radius 1 is 1.02 bits per heavy atom. The summed E-state index contributed by atoms with van der Waals surface area (Å²) in [7, 11) is 5.39. The molecule has 5 fully saturated rings. The van der Waals surface area contributed by atoms with E-state index in [4.69, 9.17) is 9.57 Å². The molecule has 1 spiro atoms. The van der Waals surface area contributed by atoms with Crippen LogP contribution in [0.2, 0.25) is 0 Å². The number of rotatable bonds is 14. The first-order valence-electron chi connectivity index (χ1n) is 20.1. The molecule has 0 aromatic heterocycles. The maximum absolute atomic E-state index is 14.5. The number of hydroxylamine groups is 2. The summed E-state index contributed by atoms with van der Waals surface area (Å²) in [5.41, 5.74) is 0.853. The lowest BCUT2D eigenvalue weighted by Gasteiger charge is -2.62. The van der Waals surface area contributed by atoms with Crippen LogP contribution in [0.25, 0.3) is 11.1 Å². The van der Waals surface area contributed by atoms with Gasteiger partial charge >= 0.3 is 5.97 Å². The molecule has 3 aromatic rings. The average molecular weight is 783 g/mol. The number of methoxy groups -OCH3 is 1. The van der Waals surface area contributed by atoms with E-state index in [0.29, 0.717) is 59.6 Å². The van der Waals surface area contributed by atoms with Gasteiger partial charge in [-0.15, -0.1) is 0 Å². The molecule has 1 saturated heterocycles. The van der Waals surface area contributed by atoms with Crippen LogP contribution in [0.3, 0.4) is 0 Å². The molecule has 12 nitrogen and oxygen atoms in total. The fraction of sp³-hybridized carbons (Fsp3) is 0.533. The zero-order chi connectivity index (χ0) is 41.0. The number of ether oxygens (including phenoxy) is 1. The van der Waals surface area contributed by atoms with Crippen molar-refractivity contribution in [3.8, 4) is 16.9 Å². The molecule has 8 rings (SSSR count). The summed E-state index contributed by atoms with van der Waals surface area (Å²) in [6.07, 6.45) is 2.15. The number of nitrogens with one attached hydrogen (secondary N) is 2. The van der Waals surface area contributed by atoms with Crippen molar-refractivity contribution in [2.24, 2.45) is 28.6 Å². The van der Waals surface area contributed by atoms with E-state index in [-0.39, 0.29) is 47.7 Å². The number of fused-ring (bicyclic) bond motifs is 2. The largest absolute Gasteiger partial charge is 0.496 e. The lowest BCUT2D eigenvalue weighted by atomic mass is 9.45. The number of carbonyl (C=O) groups is 3. The first-order valence-corrected chi connectivity index (χ1v) is 20.1. The molecule has 2 amide bonds. The van der Waals surface area contributed by atoms with E-state index in [1.807, 2.05) is 61.5 Å². The number of nitrogens with zero attached hydrogens (tertiary/aromatic N) is 2. The molecule has 57 heavy (non-hydrogen) atoms. The zero-order valence-electron chi connectivity index (χ0n) is 34.1. The number of carbonyl (C=O) groups excluding carboxylic acids is 2. The summed E-state index contributed by atoms with van der Waals surface area (Å²) >= 11 is 0. The molecular formula is C45H58N4O8. The Morgan fingerprint density at radius 2 is 1.72 bits per heavy atom. The number of aliphatic hydroxyl groups excluding tert-OH is 1. The molecular weight excluding hydrogens is 725 g/mol. The van der Waals surface area contributed by atoms with E-state index in [1.165, 1.54) is 25.7 Å². The van der Waals surface area contributed by atoms with Crippen LogP contribution in [-0.2, 0) is 22.6 Å². The highest BCUT2D eigenvalue weighted by Crippen LogP contribution is 2.66. The number of hydrogen-bond donors (Lipinski definition) is 5.